The number of fused-ring (bicyclic) bond motifs is 1. The summed E-state index contributed by atoms with van der Waals surface area (Å²) in [5.41, 5.74) is 5.16. The molecule has 0 N–H and O–H groups in total. The molecule has 6 rings (SSSR count). The van der Waals surface area contributed by atoms with Gasteiger partial charge in [0, 0.05) is 17.3 Å². The van der Waals surface area contributed by atoms with Crippen LogP contribution in [0.1, 0.15) is 42.8 Å². The number of hydrogen-bond acceptors (Lipinski definition) is 8. The topological polar surface area (TPSA) is 92.8 Å². The van der Waals surface area contributed by atoms with Crippen LogP contribution < -0.4 is 24.3 Å². The van der Waals surface area contributed by atoms with Crippen molar-refractivity contribution in [2.45, 2.75) is 27.2 Å². The average Bonchev–Trinajstić information content (AvgIpc) is 3.74. The van der Waals surface area contributed by atoms with Gasteiger partial charge in [-0.1, -0.05) is 48.6 Å². The predicted molar refractivity (Wildman–Crippen MR) is 179 cm³/mol. The van der Waals surface area contributed by atoms with Crippen LogP contribution in [0.5, 0.6) is 17.2 Å². The van der Waals surface area contributed by atoms with Crippen LogP contribution in [-0.2, 0) is 0 Å². The zero-order chi connectivity index (χ0) is 31.3. The lowest BCUT2D eigenvalue weighted by molar-refractivity contribution is 0.311. The van der Waals surface area contributed by atoms with E-state index in [-0.39, 0.29) is 5.56 Å². The zero-order valence-corrected chi connectivity index (χ0v) is 26.4. The van der Waals surface area contributed by atoms with Crippen LogP contribution in [0.2, 0.25) is 0 Å². The van der Waals surface area contributed by atoms with E-state index in [1.54, 1.807) is 13.2 Å². The Bertz CT molecular complexity index is 2100. The molecule has 0 radical (unpaired) electrons. The van der Waals surface area contributed by atoms with Crippen LogP contribution in [0.3, 0.4) is 0 Å². The van der Waals surface area contributed by atoms with Crippen LogP contribution in [0, 0.1) is 6.92 Å². The average molecular weight is 620 g/mol. The number of benzene rings is 3. The van der Waals surface area contributed by atoms with Gasteiger partial charge in [0.25, 0.3) is 5.56 Å². The van der Waals surface area contributed by atoms with Crippen molar-refractivity contribution in [1.29, 1.82) is 0 Å². The third kappa shape index (κ3) is 6.37. The van der Waals surface area contributed by atoms with Gasteiger partial charge in [0.2, 0.25) is 4.96 Å². The minimum atomic E-state index is -0.233. The van der Waals surface area contributed by atoms with Crippen LogP contribution in [-0.4, -0.2) is 44.7 Å². The summed E-state index contributed by atoms with van der Waals surface area (Å²) in [6, 6.07) is 21.6. The number of ether oxygens (including phenoxy) is 3. The number of methoxy groups -OCH3 is 1. The molecule has 0 atom stereocenters. The van der Waals surface area contributed by atoms with Gasteiger partial charge < -0.3 is 14.2 Å². The molecule has 0 bridgehead atoms. The molecule has 0 spiro atoms. The Kier molecular flexibility index (Phi) is 8.74. The van der Waals surface area contributed by atoms with Gasteiger partial charge in [0.1, 0.15) is 11.4 Å². The molecule has 0 saturated heterocycles. The van der Waals surface area contributed by atoms with Crippen LogP contribution in [0.4, 0.5) is 0 Å². The van der Waals surface area contributed by atoms with Crippen molar-refractivity contribution in [3.8, 4) is 34.2 Å². The number of aryl methyl sites for hydroxylation is 1. The number of rotatable bonds is 11. The molecule has 0 unspecified atom stereocenters. The molecule has 0 saturated carbocycles. The van der Waals surface area contributed by atoms with E-state index in [0.717, 1.165) is 45.8 Å². The van der Waals surface area contributed by atoms with Gasteiger partial charge in [0.05, 0.1) is 30.5 Å². The Morgan fingerprint density at radius 3 is 2.51 bits per heavy atom. The normalized spacial score (nSPS) is 12.0. The minimum Gasteiger partial charge on any atom is -0.494 e. The first-order valence-corrected chi connectivity index (χ1v) is 15.6. The molecule has 10 heteroatoms. The maximum Gasteiger partial charge on any atom is 0.291 e. The first-order chi connectivity index (χ1) is 22.0. The lowest BCUT2D eigenvalue weighted by Gasteiger charge is -2.09. The molecule has 3 aromatic carbocycles. The molecule has 0 aliphatic rings. The van der Waals surface area contributed by atoms with Gasteiger partial charge in [-0.3, -0.25) is 4.79 Å². The molecule has 0 aliphatic heterocycles. The number of para-hydroxylation sites is 1. The first-order valence-electron chi connectivity index (χ1n) is 14.8. The molecule has 228 valence electrons. The van der Waals surface area contributed by atoms with E-state index in [4.69, 9.17) is 19.3 Å². The Morgan fingerprint density at radius 1 is 0.933 bits per heavy atom. The highest BCUT2D eigenvalue weighted by atomic mass is 32.1. The molecule has 6 aromatic rings. The molecule has 0 fully saturated rings. The first kappa shape index (κ1) is 29.8. The summed E-state index contributed by atoms with van der Waals surface area (Å²) in [6.07, 6.45) is 8.40. The van der Waals surface area contributed by atoms with E-state index in [1.165, 1.54) is 15.9 Å². The van der Waals surface area contributed by atoms with Gasteiger partial charge in [-0.25, -0.2) is 4.68 Å². The summed E-state index contributed by atoms with van der Waals surface area (Å²) in [7, 11) is 1.61. The van der Waals surface area contributed by atoms with Crippen LogP contribution in [0.15, 0.2) is 77.7 Å². The van der Waals surface area contributed by atoms with Crippen molar-refractivity contribution in [2.24, 2.45) is 0 Å². The van der Waals surface area contributed by atoms with Gasteiger partial charge in [-0.05, 0) is 86.0 Å². The number of hydrogen-bond donors (Lipinski definition) is 0. The fraction of sp³-hybridized carbons (Fsp3) is 0.200. The van der Waals surface area contributed by atoms with Gasteiger partial charge in [-0.2, -0.15) is 14.6 Å². The molecule has 0 amide bonds. The molecule has 45 heavy (non-hydrogen) atoms. The third-order valence-corrected chi connectivity index (χ3v) is 8.05. The SMILES string of the molecule is CCCOc1ccc(-c2nn(-c3ccccc3)cc2/C=c2\sc3nc(/C=C/c4ccc(OCC)c(OC)c4)nn3c2=O)c(C)c1. The maximum atomic E-state index is 13.5. The van der Waals surface area contributed by atoms with Crippen LogP contribution in [0.25, 0.3) is 40.1 Å². The standard InChI is InChI=1S/C35H33N5O4S/c1-5-18-44-27-14-15-28(23(3)19-27)33-25(22-39(38-33)26-10-8-7-9-11-26)21-31-34(41)40-35(45-31)36-32(37-40)17-13-24-12-16-29(43-6-2)30(20-24)42-4/h7-17,19-22H,5-6,18H2,1-4H3/b17-13+,31-21-. The monoisotopic (exact) mass is 619 g/mol. The van der Waals surface area contributed by atoms with Crippen molar-refractivity contribution >= 4 is 34.5 Å². The Hall–Kier alpha value is -5.22. The van der Waals surface area contributed by atoms with Crippen molar-refractivity contribution < 1.29 is 14.2 Å². The second kappa shape index (κ2) is 13.2. The highest BCUT2D eigenvalue weighted by Gasteiger charge is 2.16. The molecule has 3 aromatic heterocycles. The van der Waals surface area contributed by atoms with E-state index in [2.05, 4.69) is 17.0 Å². The van der Waals surface area contributed by atoms with Crippen molar-refractivity contribution in [3.05, 3.63) is 110 Å². The fourth-order valence-electron chi connectivity index (χ4n) is 4.92. The lowest BCUT2D eigenvalue weighted by Crippen LogP contribution is -2.23. The van der Waals surface area contributed by atoms with E-state index >= 15 is 0 Å². The second-order valence-corrected chi connectivity index (χ2v) is 11.3. The molecular weight excluding hydrogens is 586 g/mol. The van der Waals surface area contributed by atoms with Crippen molar-refractivity contribution in [2.75, 3.05) is 20.3 Å². The van der Waals surface area contributed by atoms with Crippen molar-refractivity contribution in [3.63, 3.8) is 0 Å². The van der Waals surface area contributed by atoms with Crippen molar-refractivity contribution in [1.82, 2.24) is 24.4 Å². The van der Waals surface area contributed by atoms with E-state index in [0.29, 0.717) is 40.0 Å². The van der Waals surface area contributed by atoms with E-state index < -0.39 is 0 Å². The Labute approximate surface area is 264 Å². The molecule has 3 heterocycles. The van der Waals surface area contributed by atoms with E-state index in [1.807, 2.05) is 104 Å². The summed E-state index contributed by atoms with van der Waals surface area (Å²) in [5.74, 6) is 2.59. The zero-order valence-electron chi connectivity index (χ0n) is 25.6. The van der Waals surface area contributed by atoms with Crippen LogP contribution >= 0.6 is 11.3 Å². The highest BCUT2D eigenvalue weighted by Crippen LogP contribution is 2.31. The smallest absolute Gasteiger partial charge is 0.291 e. The molecule has 0 aliphatic carbocycles. The summed E-state index contributed by atoms with van der Waals surface area (Å²) in [4.78, 5) is 18.6. The summed E-state index contributed by atoms with van der Waals surface area (Å²) < 4.78 is 20.6. The highest BCUT2D eigenvalue weighted by molar-refractivity contribution is 7.15. The summed E-state index contributed by atoms with van der Waals surface area (Å²) in [6.45, 7) is 7.27. The largest absolute Gasteiger partial charge is 0.494 e. The predicted octanol–water partition coefficient (Wildman–Crippen LogP) is 6.23. The quantitative estimate of drug-likeness (QED) is 0.170. The summed E-state index contributed by atoms with van der Waals surface area (Å²) in [5, 5.41) is 9.42. The van der Waals surface area contributed by atoms with E-state index in [9.17, 15) is 4.79 Å². The van der Waals surface area contributed by atoms with Gasteiger partial charge in [-0.15, -0.1) is 5.10 Å². The Morgan fingerprint density at radius 2 is 1.78 bits per heavy atom. The van der Waals surface area contributed by atoms with Gasteiger partial charge >= 0.3 is 0 Å². The number of aromatic nitrogens is 5. The Balaban J connectivity index is 1.35. The molecule has 9 nitrogen and oxygen atoms in total. The third-order valence-electron chi connectivity index (χ3n) is 7.09. The fourth-order valence-corrected chi connectivity index (χ4v) is 5.83. The van der Waals surface area contributed by atoms with Gasteiger partial charge in [0.15, 0.2) is 17.3 Å². The minimum absolute atomic E-state index is 0.233. The summed E-state index contributed by atoms with van der Waals surface area (Å²) >= 11 is 1.29. The number of thiazole rings is 1. The number of nitrogens with zero attached hydrogens (tertiary/aromatic N) is 5. The maximum absolute atomic E-state index is 13.5. The molecular formula is C35H33N5O4S. The lowest BCUT2D eigenvalue weighted by atomic mass is 10.0. The second-order valence-electron chi connectivity index (χ2n) is 10.3.